The molecule has 0 aliphatic carbocycles. The number of rotatable bonds is 1. The summed E-state index contributed by atoms with van der Waals surface area (Å²) in [5, 5.41) is 0.860. The van der Waals surface area contributed by atoms with Gasteiger partial charge in [0, 0.05) is 24.6 Å². The molecule has 1 atom stereocenters. The van der Waals surface area contributed by atoms with Gasteiger partial charge in [-0.2, -0.15) is 0 Å². The van der Waals surface area contributed by atoms with Crippen molar-refractivity contribution in [3.8, 4) is 0 Å². The van der Waals surface area contributed by atoms with Crippen molar-refractivity contribution in [3.05, 3.63) is 46.2 Å². The van der Waals surface area contributed by atoms with Gasteiger partial charge >= 0.3 is 0 Å². The van der Waals surface area contributed by atoms with Gasteiger partial charge in [0.15, 0.2) is 0 Å². The van der Waals surface area contributed by atoms with Crippen molar-refractivity contribution in [2.45, 2.75) is 26.3 Å². The lowest BCUT2D eigenvalue weighted by Gasteiger charge is -2.42. The van der Waals surface area contributed by atoms with Crippen LogP contribution in [-0.2, 0) is 0 Å². The Bertz CT molecular complexity index is 785. The van der Waals surface area contributed by atoms with Crippen LogP contribution in [0, 0.1) is 5.41 Å². The number of amides is 1. The van der Waals surface area contributed by atoms with Gasteiger partial charge in [0.2, 0.25) is 0 Å². The Kier molecular flexibility index (Phi) is 4.82. The van der Waals surface area contributed by atoms with Gasteiger partial charge in [-0.15, -0.1) is 12.4 Å². The normalized spacial score (nSPS) is 20.1. The van der Waals surface area contributed by atoms with Crippen LogP contribution < -0.4 is 11.3 Å². The summed E-state index contributed by atoms with van der Waals surface area (Å²) < 4.78 is 0. The number of H-pyrrole nitrogens is 1. The maximum absolute atomic E-state index is 12.7. The molecule has 1 amide bonds. The van der Waals surface area contributed by atoms with Crippen molar-refractivity contribution >= 4 is 29.2 Å². The maximum Gasteiger partial charge on any atom is 0.261 e. The topological polar surface area (TPSA) is 79.2 Å². The van der Waals surface area contributed by atoms with Gasteiger partial charge in [0.1, 0.15) is 5.56 Å². The third-order valence-corrected chi connectivity index (χ3v) is 4.58. The number of hydrogen-bond acceptors (Lipinski definition) is 3. The number of hydrogen-bond donors (Lipinski definition) is 2. The first kappa shape index (κ1) is 17.5. The molecule has 1 aliphatic rings. The van der Waals surface area contributed by atoms with Crippen LogP contribution in [0.2, 0.25) is 0 Å². The zero-order valence-electron chi connectivity index (χ0n) is 13.3. The molecule has 1 fully saturated rings. The maximum atomic E-state index is 12.7. The second-order valence-electron chi connectivity index (χ2n) is 6.71. The molecular weight excluding hydrogens is 314 g/mol. The molecule has 1 aromatic heterocycles. The number of carbonyl (C=O) groups excluding carboxylic acids is 1. The Morgan fingerprint density at radius 2 is 2.04 bits per heavy atom. The summed E-state index contributed by atoms with van der Waals surface area (Å²) in [7, 11) is 0. The van der Waals surface area contributed by atoms with E-state index in [1.165, 1.54) is 0 Å². The van der Waals surface area contributed by atoms with E-state index in [1.807, 2.05) is 24.3 Å². The van der Waals surface area contributed by atoms with Crippen LogP contribution in [0.5, 0.6) is 0 Å². The van der Waals surface area contributed by atoms with E-state index in [0.717, 1.165) is 17.3 Å². The second kappa shape index (κ2) is 6.34. The molecule has 6 heteroatoms. The Morgan fingerprint density at radius 1 is 1.35 bits per heavy atom. The number of para-hydroxylation sites is 1. The number of likely N-dealkylation sites (tertiary alicyclic amines) is 1. The molecular formula is C17H22ClN3O2. The van der Waals surface area contributed by atoms with E-state index in [4.69, 9.17) is 5.73 Å². The average molecular weight is 336 g/mol. The number of aromatic nitrogens is 1. The van der Waals surface area contributed by atoms with Crippen LogP contribution in [0.25, 0.3) is 10.9 Å². The highest BCUT2D eigenvalue weighted by Gasteiger charge is 2.36. The fourth-order valence-electron chi connectivity index (χ4n) is 3.02. The van der Waals surface area contributed by atoms with Gasteiger partial charge < -0.3 is 15.6 Å². The molecule has 0 radical (unpaired) electrons. The van der Waals surface area contributed by atoms with E-state index in [2.05, 4.69) is 18.8 Å². The van der Waals surface area contributed by atoms with E-state index in [0.29, 0.717) is 13.1 Å². The molecule has 124 valence electrons. The summed E-state index contributed by atoms with van der Waals surface area (Å²) in [5.41, 5.74) is 6.57. The number of pyridine rings is 1. The summed E-state index contributed by atoms with van der Waals surface area (Å²) in [5.74, 6) is -0.216. The zero-order chi connectivity index (χ0) is 15.9. The van der Waals surface area contributed by atoms with E-state index in [-0.39, 0.29) is 40.9 Å². The minimum absolute atomic E-state index is 0. The first-order valence-corrected chi connectivity index (χ1v) is 7.55. The fourth-order valence-corrected chi connectivity index (χ4v) is 3.02. The van der Waals surface area contributed by atoms with Gasteiger partial charge in [-0.3, -0.25) is 9.59 Å². The van der Waals surface area contributed by atoms with Crippen LogP contribution in [0.4, 0.5) is 0 Å². The molecule has 0 spiro atoms. The largest absolute Gasteiger partial charge is 0.338 e. The Balaban J connectivity index is 0.00000192. The molecule has 3 rings (SSSR count). The Hall–Kier alpha value is -1.85. The smallest absolute Gasteiger partial charge is 0.261 e. The lowest BCUT2D eigenvalue weighted by atomic mass is 9.79. The molecule has 1 aliphatic heterocycles. The fraction of sp³-hybridized carbons (Fsp3) is 0.412. The monoisotopic (exact) mass is 335 g/mol. The number of carbonyl (C=O) groups is 1. The lowest BCUT2D eigenvalue weighted by Crippen LogP contribution is -2.54. The lowest BCUT2D eigenvalue weighted by molar-refractivity contribution is 0.0531. The highest BCUT2D eigenvalue weighted by molar-refractivity contribution is 5.97. The number of nitrogens with zero attached hydrogens (tertiary/aromatic N) is 1. The molecule has 2 heterocycles. The summed E-state index contributed by atoms with van der Waals surface area (Å²) in [6.45, 7) is 5.28. The number of aromatic amines is 1. The van der Waals surface area contributed by atoms with E-state index < -0.39 is 0 Å². The average Bonchev–Trinajstić information content (AvgIpc) is 2.48. The van der Waals surface area contributed by atoms with Crippen LogP contribution in [0.3, 0.4) is 0 Å². The predicted octanol–water partition coefficient (Wildman–Crippen LogP) is 2.15. The van der Waals surface area contributed by atoms with Crippen LogP contribution in [0.15, 0.2) is 35.1 Å². The Morgan fingerprint density at radius 3 is 2.74 bits per heavy atom. The number of nitrogens with two attached hydrogens (primary N) is 1. The second-order valence-corrected chi connectivity index (χ2v) is 6.71. The summed E-state index contributed by atoms with van der Waals surface area (Å²) in [4.78, 5) is 29.5. The molecule has 0 bridgehead atoms. The van der Waals surface area contributed by atoms with Crippen LogP contribution >= 0.6 is 12.4 Å². The molecule has 1 unspecified atom stereocenters. The molecule has 3 N–H and O–H groups in total. The quantitative estimate of drug-likeness (QED) is 0.838. The van der Waals surface area contributed by atoms with E-state index in [9.17, 15) is 9.59 Å². The van der Waals surface area contributed by atoms with Gasteiger partial charge in [-0.25, -0.2) is 0 Å². The van der Waals surface area contributed by atoms with Crippen molar-refractivity contribution in [1.82, 2.24) is 9.88 Å². The molecule has 5 nitrogen and oxygen atoms in total. The third-order valence-electron chi connectivity index (χ3n) is 4.58. The molecule has 23 heavy (non-hydrogen) atoms. The number of benzene rings is 1. The zero-order valence-corrected chi connectivity index (χ0v) is 14.2. The van der Waals surface area contributed by atoms with Crippen LogP contribution in [-0.4, -0.2) is 34.9 Å². The van der Waals surface area contributed by atoms with Crippen molar-refractivity contribution in [3.63, 3.8) is 0 Å². The molecule has 2 aromatic rings. The van der Waals surface area contributed by atoms with Gasteiger partial charge in [0.25, 0.3) is 11.5 Å². The van der Waals surface area contributed by atoms with Gasteiger partial charge in [0.05, 0.1) is 0 Å². The number of nitrogens with one attached hydrogen (secondary N) is 1. The SMILES string of the molecule is CC1(C)CN(C(=O)c2cc3ccccc3[nH]c2=O)CCC1N.Cl. The Labute approximate surface area is 141 Å². The van der Waals surface area contributed by atoms with Crippen molar-refractivity contribution < 1.29 is 4.79 Å². The number of halogens is 1. The first-order valence-electron chi connectivity index (χ1n) is 7.55. The van der Waals surface area contributed by atoms with Gasteiger partial charge in [-0.05, 0) is 29.4 Å². The van der Waals surface area contributed by atoms with E-state index in [1.54, 1.807) is 11.0 Å². The molecule has 1 aromatic carbocycles. The number of fused-ring (bicyclic) bond motifs is 1. The third kappa shape index (κ3) is 3.26. The van der Waals surface area contributed by atoms with Crippen molar-refractivity contribution in [2.75, 3.05) is 13.1 Å². The molecule has 0 saturated carbocycles. The first-order chi connectivity index (χ1) is 10.4. The predicted molar refractivity (Wildman–Crippen MR) is 94.1 cm³/mol. The van der Waals surface area contributed by atoms with Crippen molar-refractivity contribution in [1.29, 1.82) is 0 Å². The summed E-state index contributed by atoms with van der Waals surface area (Å²) in [6.07, 6.45) is 0.754. The van der Waals surface area contributed by atoms with Gasteiger partial charge in [-0.1, -0.05) is 32.0 Å². The van der Waals surface area contributed by atoms with Crippen LogP contribution in [0.1, 0.15) is 30.6 Å². The minimum atomic E-state index is -0.337. The standard InChI is InChI=1S/C17H21N3O2.ClH/c1-17(2)10-20(8-7-14(17)18)16(22)12-9-11-5-3-4-6-13(11)19-15(12)21;/h3-6,9,14H,7-8,10,18H2,1-2H3,(H,19,21);1H. The van der Waals surface area contributed by atoms with E-state index >= 15 is 0 Å². The molecule has 1 saturated heterocycles. The summed E-state index contributed by atoms with van der Waals surface area (Å²) in [6, 6.07) is 9.21. The highest BCUT2D eigenvalue weighted by Crippen LogP contribution is 2.28. The van der Waals surface area contributed by atoms with Crippen molar-refractivity contribution in [2.24, 2.45) is 11.1 Å². The summed E-state index contributed by atoms with van der Waals surface area (Å²) >= 11 is 0. The minimum Gasteiger partial charge on any atom is -0.338 e. The number of piperidine rings is 1. The highest BCUT2D eigenvalue weighted by atomic mass is 35.5.